The number of alkyl halides is 3. The molecule has 0 aliphatic heterocycles. The van der Waals surface area contributed by atoms with Gasteiger partial charge in [0.05, 0.1) is 24.8 Å². The molecule has 0 saturated carbocycles. The second-order valence-electron chi connectivity index (χ2n) is 4.50. The van der Waals surface area contributed by atoms with Crippen LogP contribution < -0.4 is 4.74 Å². The molecule has 0 unspecified atom stereocenters. The fourth-order valence-electron chi connectivity index (χ4n) is 1.95. The summed E-state index contributed by atoms with van der Waals surface area (Å²) in [5, 5.41) is 8.79. The predicted octanol–water partition coefficient (Wildman–Crippen LogP) is 3.40. The van der Waals surface area contributed by atoms with Gasteiger partial charge in [0.25, 0.3) is 0 Å². The molecule has 22 heavy (non-hydrogen) atoms. The van der Waals surface area contributed by atoms with Gasteiger partial charge in [-0.25, -0.2) is 4.98 Å². The number of pyridine rings is 1. The van der Waals surface area contributed by atoms with Crippen LogP contribution in [0.3, 0.4) is 0 Å². The number of benzene rings is 1. The Morgan fingerprint density at radius 2 is 2.00 bits per heavy atom. The highest BCUT2D eigenvalue weighted by molar-refractivity contribution is 5.71. The Kier molecular flexibility index (Phi) is 4.35. The summed E-state index contributed by atoms with van der Waals surface area (Å²) < 4.78 is 43.5. The first-order chi connectivity index (χ1) is 10.3. The quantitative estimate of drug-likeness (QED) is 0.940. The van der Waals surface area contributed by atoms with Gasteiger partial charge >= 0.3 is 12.1 Å². The summed E-state index contributed by atoms with van der Waals surface area (Å²) in [5.41, 5.74) is -0.190. The molecule has 0 saturated heterocycles. The van der Waals surface area contributed by atoms with Gasteiger partial charge in [-0.2, -0.15) is 13.2 Å². The molecule has 116 valence electrons. The molecule has 2 aromatic rings. The minimum absolute atomic E-state index is 0.173. The largest absolute Gasteiger partial charge is 0.494 e. The van der Waals surface area contributed by atoms with Crippen molar-refractivity contribution in [3.8, 4) is 17.0 Å². The second kappa shape index (κ2) is 6.05. The number of hydrogen-bond donors (Lipinski definition) is 1. The van der Waals surface area contributed by atoms with Crippen LogP contribution in [0, 0.1) is 0 Å². The summed E-state index contributed by atoms with van der Waals surface area (Å²) in [4.78, 5) is 14.8. The zero-order valence-electron chi connectivity index (χ0n) is 11.5. The van der Waals surface area contributed by atoms with E-state index in [0.29, 0.717) is 0 Å². The first-order valence-electron chi connectivity index (χ1n) is 6.24. The van der Waals surface area contributed by atoms with Crippen molar-refractivity contribution < 1.29 is 27.8 Å². The van der Waals surface area contributed by atoms with E-state index in [-0.39, 0.29) is 29.1 Å². The topological polar surface area (TPSA) is 59.4 Å². The molecule has 0 spiro atoms. The molecule has 0 amide bonds. The molecule has 0 aliphatic carbocycles. The fourth-order valence-corrected chi connectivity index (χ4v) is 1.95. The summed E-state index contributed by atoms with van der Waals surface area (Å²) >= 11 is 0. The lowest BCUT2D eigenvalue weighted by atomic mass is 10.1. The molecular weight excluding hydrogens is 299 g/mol. The van der Waals surface area contributed by atoms with Crippen LogP contribution in [0.5, 0.6) is 5.75 Å². The van der Waals surface area contributed by atoms with Crippen molar-refractivity contribution in [2.24, 2.45) is 0 Å². The Morgan fingerprint density at radius 1 is 1.27 bits per heavy atom. The summed E-state index contributed by atoms with van der Waals surface area (Å²) in [7, 11) is 1.37. The van der Waals surface area contributed by atoms with Gasteiger partial charge in [0.2, 0.25) is 0 Å². The monoisotopic (exact) mass is 311 g/mol. The molecule has 4 nitrogen and oxygen atoms in total. The van der Waals surface area contributed by atoms with Crippen molar-refractivity contribution in [1.82, 2.24) is 4.98 Å². The molecule has 1 aromatic carbocycles. The Bertz CT molecular complexity index is 699. The number of aromatic nitrogens is 1. The number of nitrogens with zero attached hydrogens (tertiary/aromatic N) is 1. The van der Waals surface area contributed by atoms with Crippen molar-refractivity contribution in [3.05, 3.63) is 47.7 Å². The van der Waals surface area contributed by atoms with Gasteiger partial charge in [-0.3, -0.25) is 4.79 Å². The summed E-state index contributed by atoms with van der Waals surface area (Å²) in [6.45, 7) is 0. The second-order valence-corrected chi connectivity index (χ2v) is 4.50. The van der Waals surface area contributed by atoms with E-state index in [9.17, 15) is 18.0 Å². The average Bonchev–Trinajstić information content (AvgIpc) is 2.46. The zero-order chi connectivity index (χ0) is 16.3. The van der Waals surface area contributed by atoms with E-state index in [4.69, 9.17) is 9.84 Å². The van der Waals surface area contributed by atoms with Crippen molar-refractivity contribution in [2.75, 3.05) is 7.11 Å². The number of methoxy groups -OCH3 is 1. The number of hydrogen-bond acceptors (Lipinski definition) is 3. The van der Waals surface area contributed by atoms with Crippen molar-refractivity contribution in [1.29, 1.82) is 0 Å². The molecule has 7 heteroatoms. The molecule has 1 aromatic heterocycles. The third kappa shape index (κ3) is 3.55. The maximum Gasteiger partial charge on any atom is 0.416 e. The maximum absolute atomic E-state index is 12.8. The van der Waals surface area contributed by atoms with Gasteiger partial charge in [-0.15, -0.1) is 0 Å². The number of rotatable bonds is 4. The highest BCUT2D eigenvalue weighted by Gasteiger charge is 2.30. The molecule has 0 atom stereocenters. The van der Waals surface area contributed by atoms with Gasteiger partial charge in [0, 0.05) is 5.56 Å². The summed E-state index contributed by atoms with van der Waals surface area (Å²) in [6, 6.07) is 7.59. The molecule has 2 rings (SSSR count). The van der Waals surface area contributed by atoms with E-state index in [0.717, 1.165) is 12.1 Å². The Hall–Kier alpha value is -2.57. The predicted molar refractivity (Wildman–Crippen MR) is 72.6 cm³/mol. The van der Waals surface area contributed by atoms with Crippen LogP contribution in [0.25, 0.3) is 11.3 Å². The number of carboxylic acid groups (broad SMARTS) is 1. The minimum Gasteiger partial charge on any atom is -0.494 e. The molecule has 0 bridgehead atoms. The van der Waals surface area contributed by atoms with Gasteiger partial charge in [0.1, 0.15) is 11.4 Å². The lowest BCUT2D eigenvalue weighted by Gasteiger charge is -2.12. The molecular formula is C15H12F3NO3. The maximum atomic E-state index is 12.8. The lowest BCUT2D eigenvalue weighted by Crippen LogP contribution is -2.06. The highest BCUT2D eigenvalue weighted by Crippen LogP contribution is 2.34. The molecule has 0 radical (unpaired) electrons. The van der Waals surface area contributed by atoms with Crippen molar-refractivity contribution in [2.45, 2.75) is 12.6 Å². The van der Waals surface area contributed by atoms with E-state index in [1.807, 2.05) is 0 Å². The number of halogens is 3. The third-order valence-electron chi connectivity index (χ3n) is 2.93. The van der Waals surface area contributed by atoms with Gasteiger partial charge < -0.3 is 9.84 Å². The van der Waals surface area contributed by atoms with E-state index < -0.39 is 17.7 Å². The van der Waals surface area contributed by atoms with E-state index in [2.05, 4.69) is 4.98 Å². The van der Waals surface area contributed by atoms with Crippen LogP contribution >= 0.6 is 0 Å². The molecule has 0 fully saturated rings. The fraction of sp³-hybridized carbons (Fsp3) is 0.200. The Morgan fingerprint density at radius 3 is 2.59 bits per heavy atom. The molecule has 1 heterocycles. The van der Waals surface area contributed by atoms with E-state index in [1.165, 1.54) is 31.4 Å². The highest BCUT2D eigenvalue weighted by atomic mass is 19.4. The van der Waals surface area contributed by atoms with Crippen molar-refractivity contribution in [3.63, 3.8) is 0 Å². The van der Waals surface area contributed by atoms with Gasteiger partial charge in [-0.1, -0.05) is 12.1 Å². The van der Waals surface area contributed by atoms with Crippen LogP contribution in [0.4, 0.5) is 13.2 Å². The Labute approximate surface area is 124 Å². The zero-order valence-corrected chi connectivity index (χ0v) is 11.5. The first kappa shape index (κ1) is 15.8. The van der Waals surface area contributed by atoms with Crippen LogP contribution in [0.15, 0.2) is 36.4 Å². The van der Waals surface area contributed by atoms with Crippen LogP contribution in [0.1, 0.15) is 11.3 Å². The van der Waals surface area contributed by atoms with Crippen LogP contribution in [-0.4, -0.2) is 23.2 Å². The molecule has 0 aliphatic rings. The van der Waals surface area contributed by atoms with Gasteiger partial charge in [0.15, 0.2) is 0 Å². The smallest absolute Gasteiger partial charge is 0.416 e. The van der Waals surface area contributed by atoms with E-state index in [1.54, 1.807) is 0 Å². The van der Waals surface area contributed by atoms with E-state index >= 15 is 0 Å². The minimum atomic E-state index is -4.47. The average molecular weight is 311 g/mol. The third-order valence-corrected chi connectivity index (χ3v) is 2.93. The summed E-state index contributed by atoms with van der Waals surface area (Å²) in [5.74, 6) is -0.805. The first-order valence-corrected chi connectivity index (χ1v) is 6.24. The SMILES string of the molecule is COc1ccc(CC(=O)O)nc1-c1cccc(C(F)(F)F)c1. The number of aliphatic carboxylic acids is 1. The van der Waals surface area contributed by atoms with Crippen LogP contribution in [-0.2, 0) is 17.4 Å². The Balaban J connectivity index is 2.52. The number of carbonyl (C=O) groups is 1. The lowest BCUT2D eigenvalue weighted by molar-refractivity contribution is -0.138. The standard InChI is InChI=1S/C15H12F3NO3/c1-22-12-6-5-11(8-13(20)21)19-14(12)9-3-2-4-10(7-9)15(16,17)18/h2-7H,8H2,1H3,(H,20,21). The molecule has 1 N–H and O–H groups in total. The summed E-state index contributed by atoms with van der Waals surface area (Å²) in [6.07, 6.45) is -4.79. The van der Waals surface area contributed by atoms with Gasteiger partial charge in [-0.05, 0) is 24.3 Å². The van der Waals surface area contributed by atoms with Crippen molar-refractivity contribution >= 4 is 5.97 Å². The number of carboxylic acids is 1. The number of ether oxygens (including phenoxy) is 1. The van der Waals surface area contributed by atoms with Crippen LogP contribution in [0.2, 0.25) is 0 Å². The normalized spacial score (nSPS) is 11.3.